The summed E-state index contributed by atoms with van der Waals surface area (Å²) in [5, 5.41) is 13.5. The maximum Gasteiger partial charge on any atom is 0.316 e. The third kappa shape index (κ3) is 4.18. The zero-order chi connectivity index (χ0) is 12.0. The van der Waals surface area contributed by atoms with Gasteiger partial charge in [0.15, 0.2) is 0 Å². The third-order valence-corrected chi connectivity index (χ3v) is 1.71. The Labute approximate surface area is 93.0 Å². The molecule has 0 bridgehead atoms. The van der Waals surface area contributed by atoms with Crippen molar-refractivity contribution in [3.63, 3.8) is 0 Å². The summed E-state index contributed by atoms with van der Waals surface area (Å²) in [6, 6.07) is 0.539. The number of nitro groups is 1. The highest BCUT2D eigenvalue weighted by atomic mass is 16.6. The fourth-order valence-corrected chi connectivity index (χ4v) is 0.968. The van der Waals surface area contributed by atoms with Gasteiger partial charge in [0.2, 0.25) is 0 Å². The molecule has 1 N–H and O–H groups in total. The molecule has 0 radical (unpaired) electrons. The van der Waals surface area contributed by atoms with Gasteiger partial charge in [0, 0.05) is 12.6 Å². The molecule has 0 atom stereocenters. The molecule has 0 aliphatic carbocycles. The Kier molecular flexibility index (Phi) is 4.59. The van der Waals surface area contributed by atoms with Crippen molar-refractivity contribution in [3.05, 3.63) is 22.5 Å². The van der Waals surface area contributed by atoms with Gasteiger partial charge in [-0.05, 0) is 0 Å². The van der Waals surface area contributed by atoms with Gasteiger partial charge < -0.3 is 10.1 Å². The van der Waals surface area contributed by atoms with Crippen molar-refractivity contribution < 1.29 is 9.66 Å². The van der Waals surface area contributed by atoms with Crippen LogP contribution in [0.1, 0.15) is 13.8 Å². The van der Waals surface area contributed by atoms with Gasteiger partial charge in [-0.1, -0.05) is 13.8 Å². The Hall–Kier alpha value is -1.76. The van der Waals surface area contributed by atoms with E-state index < -0.39 is 4.92 Å². The standard InChI is InChI=1S/C9H14N4O3/c1-7(2)10-3-4-16-9-11-5-8(6-12-9)13(14)15/h5-7,10H,3-4H2,1-2H3. The minimum absolute atomic E-state index is 0.146. The quantitative estimate of drug-likeness (QED) is 0.437. The monoisotopic (exact) mass is 226 g/mol. The van der Waals surface area contributed by atoms with E-state index in [4.69, 9.17) is 4.74 Å². The van der Waals surface area contributed by atoms with E-state index in [0.29, 0.717) is 19.2 Å². The average Bonchev–Trinajstić information content (AvgIpc) is 2.25. The van der Waals surface area contributed by atoms with Crippen molar-refractivity contribution in [1.29, 1.82) is 0 Å². The van der Waals surface area contributed by atoms with E-state index >= 15 is 0 Å². The molecule has 88 valence electrons. The molecule has 1 aromatic rings. The van der Waals surface area contributed by atoms with Gasteiger partial charge in [-0.25, -0.2) is 0 Å². The summed E-state index contributed by atoms with van der Waals surface area (Å²) < 4.78 is 5.18. The van der Waals surface area contributed by atoms with Crippen molar-refractivity contribution in [2.75, 3.05) is 13.2 Å². The molecule has 0 saturated carbocycles. The van der Waals surface area contributed by atoms with Gasteiger partial charge >= 0.3 is 11.7 Å². The Morgan fingerprint density at radius 1 is 1.50 bits per heavy atom. The highest BCUT2D eigenvalue weighted by Gasteiger charge is 2.06. The predicted molar refractivity (Wildman–Crippen MR) is 57.3 cm³/mol. The molecule has 0 saturated heterocycles. The van der Waals surface area contributed by atoms with E-state index in [0.717, 1.165) is 12.4 Å². The number of ether oxygens (including phenoxy) is 1. The van der Waals surface area contributed by atoms with E-state index in [1.165, 1.54) is 0 Å². The Balaban J connectivity index is 2.35. The Bertz CT molecular complexity index is 339. The minimum atomic E-state index is -0.551. The maximum atomic E-state index is 10.3. The second-order valence-corrected chi connectivity index (χ2v) is 3.44. The molecule has 16 heavy (non-hydrogen) atoms. The fourth-order valence-electron chi connectivity index (χ4n) is 0.968. The summed E-state index contributed by atoms with van der Waals surface area (Å²) in [6.07, 6.45) is 2.25. The van der Waals surface area contributed by atoms with E-state index in [2.05, 4.69) is 15.3 Å². The van der Waals surface area contributed by atoms with E-state index in [9.17, 15) is 10.1 Å². The third-order valence-electron chi connectivity index (χ3n) is 1.71. The molecule has 1 heterocycles. The number of rotatable bonds is 6. The summed E-state index contributed by atoms with van der Waals surface area (Å²) in [5.74, 6) is 0. The van der Waals surface area contributed by atoms with Crippen LogP contribution in [0.2, 0.25) is 0 Å². The first-order valence-corrected chi connectivity index (χ1v) is 4.92. The van der Waals surface area contributed by atoms with E-state index in [-0.39, 0.29) is 11.7 Å². The zero-order valence-corrected chi connectivity index (χ0v) is 9.21. The first-order valence-electron chi connectivity index (χ1n) is 4.92. The number of aromatic nitrogens is 2. The van der Waals surface area contributed by atoms with Crippen molar-refractivity contribution >= 4 is 5.69 Å². The molecule has 0 amide bonds. The summed E-state index contributed by atoms with van der Waals surface area (Å²) in [4.78, 5) is 17.2. The van der Waals surface area contributed by atoms with Crippen LogP contribution >= 0.6 is 0 Å². The highest BCUT2D eigenvalue weighted by Crippen LogP contribution is 2.08. The minimum Gasteiger partial charge on any atom is -0.462 e. The van der Waals surface area contributed by atoms with Crippen LogP contribution in [-0.4, -0.2) is 34.1 Å². The highest BCUT2D eigenvalue weighted by molar-refractivity contribution is 5.21. The molecule has 0 aliphatic heterocycles. The van der Waals surface area contributed by atoms with Gasteiger partial charge in [-0.3, -0.25) is 10.1 Å². The average molecular weight is 226 g/mol. The van der Waals surface area contributed by atoms with Crippen LogP contribution < -0.4 is 10.1 Å². The molecule has 0 fully saturated rings. The van der Waals surface area contributed by atoms with Crippen LogP contribution in [0.5, 0.6) is 6.01 Å². The van der Waals surface area contributed by atoms with Crippen molar-refractivity contribution in [2.24, 2.45) is 0 Å². The summed E-state index contributed by atoms with van der Waals surface area (Å²) in [5.41, 5.74) is -0.146. The van der Waals surface area contributed by atoms with Crippen molar-refractivity contribution in [3.8, 4) is 6.01 Å². The van der Waals surface area contributed by atoms with Crippen LogP contribution in [0.3, 0.4) is 0 Å². The van der Waals surface area contributed by atoms with E-state index in [1.807, 2.05) is 13.8 Å². The van der Waals surface area contributed by atoms with Gasteiger partial charge in [0.1, 0.15) is 19.0 Å². The second-order valence-electron chi connectivity index (χ2n) is 3.44. The molecule has 0 spiro atoms. The van der Waals surface area contributed by atoms with Gasteiger partial charge in [0.05, 0.1) is 4.92 Å². The van der Waals surface area contributed by atoms with Crippen LogP contribution in [0.4, 0.5) is 5.69 Å². The summed E-state index contributed by atoms with van der Waals surface area (Å²) in [6.45, 7) is 5.17. The summed E-state index contributed by atoms with van der Waals surface area (Å²) in [7, 11) is 0. The topological polar surface area (TPSA) is 90.2 Å². The lowest BCUT2D eigenvalue weighted by atomic mass is 10.4. The molecule has 7 heteroatoms. The molecular formula is C9H14N4O3. The molecule has 1 rings (SSSR count). The number of hydrogen-bond acceptors (Lipinski definition) is 6. The number of nitrogens with one attached hydrogen (secondary N) is 1. The molecule has 7 nitrogen and oxygen atoms in total. The lowest BCUT2D eigenvalue weighted by molar-refractivity contribution is -0.385. The second kappa shape index (κ2) is 5.96. The Morgan fingerprint density at radius 2 is 2.12 bits per heavy atom. The van der Waals surface area contributed by atoms with Gasteiger partial charge in [-0.2, -0.15) is 9.97 Å². The lowest BCUT2D eigenvalue weighted by Crippen LogP contribution is -2.27. The molecule has 0 aromatic carbocycles. The van der Waals surface area contributed by atoms with Gasteiger partial charge in [0.25, 0.3) is 0 Å². The largest absolute Gasteiger partial charge is 0.462 e. The van der Waals surface area contributed by atoms with Crippen LogP contribution in [0.25, 0.3) is 0 Å². The summed E-state index contributed by atoms with van der Waals surface area (Å²) >= 11 is 0. The Morgan fingerprint density at radius 3 is 2.62 bits per heavy atom. The van der Waals surface area contributed by atoms with Gasteiger partial charge in [-0.15, -0.1) is 0 Å². The molecular weight excluding hydrogens is 212 g/mol. The van der Waals surface area contributed by atoms with Crippen molar-refractivity contribution in [2.45, 2.75) is 19.9 Å². The fraction of sp³-hybridized carbons (Fsp3) is 0.556. The van der Waals surface area contributed by atoms with Crippen LogP contribution in [0, 0.1) is 10.1 Å². The number of hydrogen-bond donors (Lipinski definition) is 1. The SMILES string of the molecule is CC(C)NCCOc1ncc([N+](=O)[O-])cn1. The lowest BCUT2D eigenvalue weighted by Gasteiger charge is -2.07. The van der Waals surface area contributed by atoms with Crippen LogP contribution in [-0.2, 0) is 0 Å². The maximum absolute atomic E-state index is 10.3. The first kappa shape index (κ1) is 12.3. The molecule has 0 aliphatic rings. The van der Waals surface area contributed by atoms with Crippen LogP contribution in [0.15, 0.2) is 12.4 Å². The normalized spacial score (nSPS) is 10.4. The zero-order valence-electron chi connectivity index (χ0n) is 9.21. The smallest absolute Gasteiger partial charge is 0.316 e. The molecule has 0 unspecified atom stereocenters. The molecule has 1 aromatic heterocycles. The number of nitrogens with zero attached hydrogens (tertiary/aromatic N) is 3. The van der Waals surface area contributed by atoms with E-state index in [1.54, 1.807) is 0 Å². The first-order chi connectivity index (χ1) is 7.59. The predicted octanol–water partition coefficient (Wildman–Crippen LogP) is 0.762. The van der Waals surface area contributed by atoms with Crippen molar-refractivity contribution in [1.82, 2.24) is 15.3 Å².